The molecule has 0 unspecified atom stereocenters. The maximum absolute atomic E-state index is 6.08. The molecule has 0 bridgehead atoms. The highest BCUT2D eigenvalue weighted by atomic mass is 35.5. The Morgan fingerprint density at radius 1 is 0.929 bits per heavy atom. The van der Waals surface area contributed by atoms with Crippen LogP contribution in [0.1, 0.15) is 12.0 Å². The third-order valence-electron chi connectivity index (χ3n) is 4.22. The summed E-state index contributed by atoms with van der Waals surface area (Å²) >= 11 is 6.08. The van der Waals surface area contributed by atoms with Crippen LogP contribution in [0.4, 0.5) is 11.8 Å². The van der Waals surface area contributed by atoms with Crippen molar-refractivity contribution in [1.29, 1.82) is 0 Å². The molecule has 2 N–H and O–H groups in total. The van der Waals surface area contributed by atoms with Gasteiger partial charge in [0.2, 0.25) is 5.95 Å². The number of nitrogens with zero attached hydrogens (tertiary/aromatic N) is 3. The molecule has 0 saturated heterocycles. The van der Waals surface area contributed by atoms with E-state index < -0.39 is 0 Å². The highest BCUT2D eigenvalue weighted by Gasteiger charge is 2.07. The molecule has 0 radical (unpaired) electrons. The Hall–Kier alpha value is -2.63. The molecule has 0 fully saturated rings. The first-order valence-electron chi connectivity index (χ1n) is 9.41. The fourth-order valence-corrected chi connectivity index (χ4v) is 3.02. The molecule has 2 aromatic carbocycles. The lowest BCUT2D eigenvalue weighted by Crippen LogP contribution is -2.17. The third-order valence-corrected chi connectivity index (χ3v) is 4.46. The van der Waals surface area contributed by atoms with Gasteiger partial charge >= 0.3 is 0 Å². The van der Waals surface area contributed by atoms with Crippen molar-refractivity contribution in [2.24, 2.45) is 0 Å². The van der Waals surface area contributed by atoms with Gasteiger partial charge in [0, 0.05) is 29.7 Å². The summed E-state index contributed by atoms with van der Waals surface area (Å²) in [6, 6.07) is 19.9. The summed E-state index contributed by atoms with van der Waals surface area (Å²) in [4.78, 5) is 11.5. The van der Waals surface area contributed by atoms with Gasteiger partial charge in [0.25, 0.3) is 0 Å². The number of aromatic nitrogens is 2. The zero-order valence-corrected chi connectivity index (χ0v) is 17.1. The topological polar surface area (TPSA) is 53.1 Å². The zero-order chi connectivity index (χ0) is 19.8. The van der Waals surface area contributed by atoms with Gasteiger partial charge in [-0.15, -0.1) is 0 Å². The molecular formula is C22H26ClN5. The SMILES string of the molecule is CN(C)CCCNc1nc(NCc2cccc(Cl)c2)cc(-c2ccccc2)n1. The Kier molecular flexibility index (Phi) is 7.23. The molecule has 0 aliphatic heterocycles. The summed E-state index contributed by atoms with van der Waals surface area (Å²) in [6.07, 6.45) is 1.03. The highest BCUT2D eigenvalue weighted by molar-refractivity contribution is 6.30. The predicted octanol–water partition coefficient (Wildman–Crippen LogP) is 4.77. The zero-order valence-electron chi connectivity index (χ0n) is 16.3. The van der Waals surface area contributed by atoms with Gasteiger partial charge in [-0.1, -0.05) is 54.1 Å². The first kappa shape index (κ1) is 20.1. The minimum atomic E-state index is 0.633. The monoisotopic (exact) mass is 395 g/mol. The van der Waals surface area contributed by atoms with Crippen LogP contribution in [0.5, 0.6) is 0 Å². The van der Waals surface area contributed by atoms with Crippen molar-refractivity contribution in [3.63, 3.8) is 0 Å². The van der Waals surface area contributed by atoms with Crippen LogP contribution in [0, 0.1) is 0 Å². The van der Waals surface area contributed by atoms with Crippen LogP contribution in [0.15, 0.2) is 60.7 Å². The normalized spacial score (nSPS) is 10.9. The van der Waals surface area contributed by atoms with Gasteiger partial charge in [-0.05, 0) is 44.8 Å². The summed E-state index contributed by atoms with van der Waals surface area (Å²) in [6.45, 7) is 2.49. The van der Waals surface area contributed by atoms with E-state index in [1.54, 1.807) is 0 Å². The largest absolute Gasteiger partial charge is 0.366 e. The number of hydrogen-bond donors (Lipinski definition) is 2. The Labute approximate surface area is 171 Å². The molecule has 1 heterocycles. The summed E-state index contributed by atoms with van der Waals surface area (Å²) in [5, 5.41) is 7.47. The molecule has 0 aliphatic carbocycles. The molecule has 0 atom stereocenters. The van der Waals surface area contributed by atoms with Crippen molar-refractivity contribution in [1.82, 2.24) is 14.9 Å². The molecule has 5 nitrogen and oxygen atoms in total. The molecule has 0 aliphatic rings. The van der Waals surface area contributed by atoms with E-state index in [0.29, 0.717) is 12.5 Å². The molecule has 0 spiro atoms. The predicted molar refractivity (Wildman–Crippen MR) is 118 cm³/mol. The van der Waals surface area contributed by atoms with Gasteiger partial charge in [-0.2, -0.15) is 4.98 Å². The van der Waals surface area contributed by atoms with E-state index >= 15 is 0 Å². The quantitative estimate of drug-likeness (QED) is 0.511. The second-order valence-electron chi connectivity index (χ2n) is 6.90. The van der Waals surface area contributed by atoms with Crippen LogP contribution < -0.4 is 10.6 Å². The van der Waals surface area contributed by atoms with E-state index in [0.717, 1.165) is 47.2 Å². The van der Waals surface area contributed by atoms with E-state index in [1.165, 1.54) is 0 Å². The van der Waals surface area contributed by atoms with E-state index in [-0.39, 0.29) is 0 Å². The first-order valence-corrected chi connectivity index (χ1v) is 9.79. The maximum Gasteiger partial charge on any atom is 0.225 e. The maximum atomic E-state index is 6.08. The van der Waals surface area contributed by atoms with Crippen molar-refractivity contribution < 1.29 is 0 Å². The standard InChI is InChI=1S/C22H26ClN5/c1-28(2)13-7-12-24-22-26-20(18-9-4-3-5-10-18)15-21(27-22)25-16-17-8-6-11-19(23)14-17/h3-6,8-11,14-15H,7,12-13,16H2,1-2H3,(H2,24,25,26,27). The molecule has 0 amide bonds. The van der Waals surface area contributed by atoms with Gasteiger partial charge in [-0.3, -0.25) is 0 Å². The number of anilines is 2. The lowest BCUT2D eigenvalue weighted by molar-refractivity contribution is 0.405. The van der Waals surface area contributed by atoms with Crippen molar-refractivity contribution in [2.45, 2.75) is 13.0 Å². The Bertz CT molecular complexity index is 883. The summed E-state index contributed by atoms with van der Waals surface area (Å²) in [5.41, 5.74) is 3.05. The Morgan fingerprint density at radius 2 is 1.75 bits per heavy atom. The second-order valence-corrected chi connectivity index (χ2v) is 7.33. The molecule has 3 rings (SSSR count). The van der Waals surface area contributed by atoms with Crippen molar-refractivity contribution >= 4 is 23.4 Å². The number of nitrogens with one attached hydrogen (secondary N) is 2. The number of rotatable bonds is 9. The number of benzene rings is 2. The minimum Gasteiger partial charge on any atom is -0.366 e. The van der Waals surface area contributed by atoms with Gasteiger partial charge in [-0.25, -0.2) is 4.98 Å². The van der Waals surface area contributed by atoms with E-state index in [2.05, 4.69) is 46.7 Å². The first-order chi connectivity index (χ1) is 13.6. The van der Waals surface area contributed by atoms with Crippen molar-refractivity contribution in [3.8, 4) is 11.3 Å². The van der Waals surface area contributed by atoms with Crippen LogP contribution in [0.2, 0.25) is 5.02 Å². The van der Waals surface area contributed by atoms with Gasteiger partial charge in [0.05, 0.1) is 5.69 Å². The molecule has 1 aromatic heterocycles. The molecule has 0 saturated carbocycles. The summed E-state index contributed by atoms with van der Waals surface area (Å²) in [5.74, 6) is 1.41. The summed E-state index contributed by atoms with van der Waals surface area (Å²) in [7, 11) is 4.15. The van der Waals surface area contributed by atoms with Gasteiger partial charge in [0.1, 0.15) is 5.82 Å². The fraction of sp³-hybridized carbons (Fsp3) is 0.273. The third kappa shape index (κ3) is 6.22. The van der Waals surface area contributed by atoms with E-state index in [4.69, 9.17) is 16.6 Å². The smallest absolute Gasteiger partial charge is 0.225 e. The van der Waals surface area contributed by atoms with Crippen LogP contribution in [-0.4, -0.2) is 42.1 Å². The lowest BCUT2D eigenvalue weighted by Gasteiger charge is -2.13. The molecule has 146 valence electrons. The second kappa shape index (κ2) is 10.1. The average molecular weight is 396 g/mol. The lowest BCUT2D eigenvalue weighted by atomic mass is 10.1. The van der Waals surface area contributed by atoms with E-state index in [1.807, 2.05) is 48.5 Å². The molecule has 6 heteroatoms. The molecular weight excluding hydrogens is 370 g/mol. The van der Waals surface area contributed by atoms with Crippen LogP contribution in [0.25, 0.3) is 11.3 Å². The number of hydrogen-bond acceptors (Lipinski definition) is 5. The van der Waals surface area contributed by atoms with Gasteiger partial charge in [0.15, 0.2) is 0 Å². The van der Waals surface area contributed by atoms with Gasteiger partial charge < -0.3 is 15.5 Å². The molecule has 28 heavy (non-hydrogen) atoms. The Morgan fingerprint density at radius 3 is 2.50 bits per heavy atom. The number of halogens is 1. The molecule has 3 aromatic rings. The minimum absolute atomic E-state index is 0.633. The van der Waals surface area contributed by atoms with Crippen LogP contribution >= 0.6 is 11.6 Å². The van der Waals surface area contributed by atoms with E-state index in [9.17, 15) is 0 Å². The van der Waals surface area contributed by atoms with Crippen LogP contribution in [-0.2, 0) is 6.54 Å². The fourth-order valence-electron chi connectivity index (χ4n) is 2.81. The summed E-state index contributed by atoms with van der Waals surface area (Å²) < 4.78 is 0. The van der Waals surface area contributed by atoms with Crippen LogP contribution in [0.3, 0.4) is 0 Å². The average Bonchev–Trinajstić information content (AvgIpc) is 2.70. The highest BCUT2D eigenvalue weighted by Crippen LogP contribution is 2.22. The van der Waals surface area contributed by atoms with Crippen molar-refractivity contribution in [3.05, 3.63) is 71.2 Å². The van der Waals surface area contributed by atoms with Crippen molar-refractivity contribution in [2.75, 3.05) is 37.8 Å². The Balaban J connectivity index is 1.76.